The Balaban J connectivity index is 0.00000462. The van der Waals surface area contributed by atoms with Crippen LogP contribution in [0.25, 0.3) is 12.2 Å². The number of guanidine groups is 1. The van der Waals surface area contributed by atoms with Gasteiger partial charge in [-0.3, -0.25) is 14.9 Å². The predicted molar refractivity (Wildman–Crippen MR) is 169 cm³/mol. The Kier molecular flexibility index (Phi) is 10.4. The second kappa shape index (κ2) is 14.0. The maximum Gasteiger partial charge on any atom is 0.258 e. The SMILES string of the molecule is COc1cc(C(=O)NC(N)=Nc2ccc(C)c(NC(=O)c3ccc(/C=C/c4ccccc4)cc3)c2)cc(C)c1C.Cl. The van der Waals surface area contributed by atoms with E-state index in [0.29, 0.717) is 28.3 Å². The predicted octanol–water partition coefficient (Wildman–Crippen LogP) is 6.84. The van der Waals surface area contributed by atoms with Gasteiger partial charge in [-0.25, -0.2) is 4.99 Å². The van der Waals surface area contributed by atoms with Gasteiger partial charge in [0.2, 0.25) is 5.96 Å². The molecule has 0 aromatic heterocycles. The van der Waals surface area contributed by atoms with Crippen molar-refractivity contribution in [1.29, 1.82) is 0 Å². The third-order valence-corrected chi connectivity index (χ3v) is 6.50. The molecule has 0 aliphatic rings. The minimum absolute atomic E-state index is 0. The Hall–Kier alpha value is -4.88. The largest absolute Gasteiger partial charge is 0.496 e. The fourth-order valence-corrected chi connectivity index (χ4v) is 4.04. The van der Waals surface area contributed by atoms with Crippen molar-refractivity contribution >= 4 is 53.7 Å². The summed E-state index contributed by atoms with van der Waals surface area (Å²) in [6.07, 6.45) is 4.03. The number of carbonyl (C=O) groups excluding carboxylic acids is 2. The fraction of sp³-hybridized carbons (Fsp3) is 0.121. The van der Waals surface area contributed by atoms with Crippen molar-refractivity contribution in [3.8, 4) is 5.75 Å². The lowest BCUT2D eigenvalue weighted by Gasteiger charge is -2.12. The summed E-state index contributed by atoms with van der Waals surface area (Å²) in [6, 6.07) is 26.1. The Labute approximate surface area is 246 Å². The van der Waals surface area contributed by atoms with Gasteiger partial charge >= 0.3 is 0 Å². The number of benzene rings is 4. The summed E-state index contributed by atoms with van der Waals surface area (Å²) in [4.78, 5) is 30.0. The van der Waals surface area contributed by atoms with Gasteiger partial charge in [-0.05, 0) is 85.0 Å². The molecule has 0 fully saturated rings. The summed E-state index contributed by atoms with van der Waals surface area (Å²) in [7, 11) is 1.56. The van der Waals surface area contributed by atoms with Crippen molar-refractivity contribution in [2.75, 3.05) is 12.4 Å². The highest BCUT2D eigenvalue weighted by atomic mass is 35.5. The molecule has 2 amide bonds. The zero-order chi connectivity index (χ0) is 28.6. The minimum Gasteiger partial charge on any atom is -0.496 e. The van der Waals surface area contributed by atoms with E-state index in [0.717, 1.165) is 27.8 Å². The highest BCUT2D eigenvalue weighted by molar-refractivity contribution is 6.07. The zero-order valence-electron chi connectivity index (χ0n) is 23.4. The van der Waals surface area contributed by atoms with Crippen LogP contribution >= 0.6 is 12.4 Å². The maximum atomic E-state index is 12.9. The third kappa shape index (κ3) is 8.06. The van der Waals surface area contributed by atoms with E-state index >= 15 is 0 Å². The molecule has 7 nitrogen and oxygen atoms in total. The van der Waals surface area contributed by atoms with Gasteiger partial charge in [0.05, 0.1) is 12.8 Å². The number of aliphatic imine (C=N–C) groups is 1. The number of hydrogen-bond donors (Lipinski definition) is 3. The first-order valence-electron chi connectivity index (χ1n) is 12.8. The number of nitrogens with two attached hydrogens (primary N) is 1. The van der Waals surface area contributed by atoms with Crippen molar-refractivity contribution < 1.29 is 14.3 Å². The van der Waals surface area contributed by atoms with Gasteiger partial charge in [0, 0.05) is 16.8 Å². The van der Waals surface area contributed by atoms with Gasteiger partial charge in [0.15, 0.2) is 0 Å². The smallest absolute Gasteiger partial charge is 0.258 e. The normalized spacial score (nSPS) is 11.1. The average Bonchev–Trinajstić information content (AvgIpc) is 2.95. The standard InChI is InChI=1S/C33H32N4O3.ClH/c1-21-10-17-28(35-33(34)37-32(39)27-18-22(2)23(3)30(19-27)40-4)20-29(21)36-31(38)26-15-13-25(14-16-26)12-11-24-8-6-5-7-9-24;/h5-20H,1-4H3,(H,36,38)(H3,34,35,37,39);1H/b12-11+;. The van der Waals surface area contributed by atoms with Gasteiger partial charge < -0.3 is 15.8 Å². The first-order chi connectivity index (χ1) is 19.2. The van der Waals surface area contributed by atoms with Crippen LogP contribution in [0, 0.1) is 20.8 Å². The maximum absolute atomic E-state index is 12.9. The average molecular weight is 569 g/mol. The van der Waals surface area contributed by atoms with Crippen molar-refractivity contribution in [3.63, 3.8) is 0 Å². The van der Waals surface area contributed by atoms with Crippen LogP contribution < -0.4 is 21.1 Å². The number of nitrogens with zero attached hydrogens (tertiary/aromatic N) is 1. The number of anilines is 1. The van der Waals surface area contributed by atoms with E-state index < -0.39 is 5.91 Å². The van der Waals surface area contributed by atoms with Crippen LogP contribution in [-0.2, 0) is 0 Å². The Morgan fingerprint density at radius 3 is 2.10 bits per heavy atom. The Morgan fingerprint density at radius 1 is 0.780 bits per heavy atom. The van der Waals surface area contributed by atoms with Crippen LogP contribution in [0.2, 0.25) is 0 Å². The molecule has 4 rings (SSSR count). The molecule has 0 bridgehead atoms. The Bertz CT molecular complexity index is 1600. The van der Waals surface area contributed by atoms with Gasteiger partial charge in [0.1, 0.15) is 5.75 Å². The monoisotopic (exact) mass is 568 g/mol. The molecule has 4 aromatic carbocycles. The van der Waals surface area contributed by atoms with Gasteiger partial charge in [-0.1, -0.05) is 60.7 Å². The molecule has 0 unspecified atom stereocenters. The molecule has 0 saturated heterocycles. The number of ether oxygens (including phenoxy) is 1. The summed E-state index contributed by atoms with van der Waals surface area (Å²) in [5, 5.41) is 5.55. The number of aryl methyl sites for hydroxylation is 2. The summed E-state index contributed by atoms with van der Waals surface area (Å²) < 4.78 is 5.36. The van der Waals surface area contributed by atoms with E-state index in [4.69, 9.17) is 10.5 Å². The van der Waals surface area contributed by atoms with Crippen LogP contribution in [0.4, 0.5) is 11.4 Å². The van der Waals surface area contributed by atoms with Gasteiger partial charge in [-0.2, -0.15) is 0 Å². The molecule has 4 aromatic rings. The lowest BCUT2D eigenvalue weighted by atomic mass is 10.0. The lowest BCUT2D eigenvalue weighted by Crippen LogP contribution is -2.36. The van der Waals surface area contributed by atoms with Crippen LogP contribution in [0.1, 0.15) is 48.5 Å². The van der Waals surface area contributed by atoms with E-state index in [1.165, 1.54) is 0 Å². The number of halogens is 1. The molecule has 0 aliphatic carbocycles. The number of amides is 2. The van der Waals surface area contributed by atoms with E-state index in [1.807, 2.05) is 81.5 Å². The number of methoxy groups -OCH3 is 1. The third-order valence-electron chi connectivity index (χ3n) is 6.50. The molecular weight excluding hydrogens is 536 g/mol. The first-order valence-corrected chi connectivity index (χ1v) is 12.8. The van der Waals surface area contributed by atoms with Crippen molar-refractivity contribution in [2.45, 2.75) is 20.8 Å². The molecule has 0 aliphatic heterocycles. The van der Waals surface area contributed by atoms with Crippen molar-refractivity contribution in [2.24, 2.45) is 10.7 Å². The van der Waals surface area contributed by atoms with Gasteiger partial charge in [-0.15, -0.1) is 12.4 Å². The highest BCUT2D eigenvalue weighted by Gasteiger charge is 2.13. The molecule has 210 valence electrons. The summed E-state index contributed by atoms with van der Waals surface area (Å²) in [5.74, 6) is -0.0848. The molecule has 4 N–H and O–H groups in total. The molecule has 8 heteroatoms. The molecule has 0 spiro atoms. The van der Waals surface area contributed by atoms with Crippen LogP contribution in [-0.4, -0.2) is 24.9 Å². The van der Waals surface area contributed by atoms with Crippen molar-refractivity contribution in [1.82, 2.24) is 5.32 Å². The second-order valence-corrected chi connectivity index (χ2v) is 9.39. The lowest BCUT2D eigenvalue weighted by molar-refractivity contribution is 0.0975. The quantitative estimate of drug-likeness (QED) is 0.129. The summed E-state index contributed by atoms with van der Waals surface area (Å²) in [5.41, 5.74) is 12.9. The summed E-state index contributed by atoms with van der Waals surface area (Å²) in [6.45, 7) is 5.73. The van der Waals surface area contributed by atoms with Crippen LogP contribution in [0.3, 0.4) is 0 Å². The number of carbonyl (C=O) groups is 2. The van der Waals surface area contributed by atoms with Gasteiger partial charge in [0.25, 0.3) is 11.8 Å². The van der Waals surface area contributed by atoms with E-state index in [2.05, 4.69) is 15.6 Å². The number of hydrogen-bond acceptors (Lipinski definition) is 4. The number of rotatable bonds is 7. The first kappa shape index (κ1) is 30.7. The van der Waals surface area contributed by atoms with E-state index in [-0.39, 0.29) is 24.3 Å². The highest BCUT2D eigenvalue weighted by Crippen LogP contribution is 2.25. The minimum atomic E-state index is -0.398. The molecule has 0 heterocycles. The van der Waals surface area contributed by atoms with E-state index in [9.17, 15) is 9.59 Å². The van der Waals surface area contributed by atoms with Crippen LogP contribution in [0.5, 0.6) is 5.75 Å². The topological polar surface area (TPSA) is 106 Å². The number of nitrogens with one attached hydrogen (secondary N) is 2. The molecule has 41 heavy (non-hydrogen) atoms. The molecule has 0 atom stereocenters. The summed E-state index contributed by atoms with van der Waals surface area (Å²) >= 11 is 0. The van der Waals surface area contributed by atoms with Crippen molar-refractivity contribution in [3.05, 3.63) is 124 Å². The Morgan fingerprint density at radius 2 is 1.44 bits per heavy atom. The van der Waals surface area contributed by atoms with Crippen LogP contribution in [0.15, 0.2) is 89.9 Å². The molecule has 0 radical (unpaired) electrons. The zero-order valence-corrected chi connectivity index (χ0v) is 24.2. The van der Waals surface area contributed by atoms with E-state index in [1.54, 1.807) is 43.5 Å². The molecule has 0 saturated carbocycles. The fourth-order valence-electron chi connectivity index (χ4n) is 4.04. The second-order valence-electron chi connectivity index (χ2n) is 9.39. The molecular formula is C33H33ClN4O3.